The first-order valence-corrected chi connectivity index (χ1v) is 5.77. The Hall–Kier alpha value is -1.64. The summed E-state index contributed by atoms with van der Waals surface area (Å²) < 4.78 is 4.73. The molecule has 0 rings (SSSR count). The molecule has 3 heteroatoms. The molecule has 0 unspecified atom stereocenters. The molecule has 3 nitrogen and oxygen atoms in total. The zero-order valence-electron chi connectivity index (χ0n) is 10.6. The van der Waals surface area contributed by atoms with Crippen LogP contribution >= 0.6 is 0 Å². The van der Waals surface area contributed by atoms with E-state index in [4.69, 9.17) is 4.74 Å². The second kappa shape index (κ2) is 9.58. The van der Waals surface area contributed by atoms with Gasteiger partial charge in [0.25, 0.3) is 0 Å². The van der Waals surface area contributed by atoms with E-state index in [0.29, 0.717) is 12.2 Å². The van der Waals surface area contributed by atoms with Gasteiger partial charge in [-0.05, 0) is 44.8 Å². The maximum Gasteiger partial charge on any atom is 0.330 e. The molecule has 0 N–H and O–H groups in total. The van der Waals surface area contributed by atoms with Crippen molar-refractivity contribution in [3.8, 4) is 0 Å². The van der Waals surface area contributed by atoms with Gasteiger partial charge in [-0.25, -0.2) is 4.79 Å². The molecule has 0 radical (unpaired) electrons. The highest BCUT2D eigenvalue weighted by molar-refractivity contribution is 6.02. The first kappa shape index (κ1) is 15.4. The van der Waals surface area contributed by atoms with Gasteiger partial charge in [-0.1, -0.05) is 18.7 Å². The Balaban J connectivity index is 3.62. The van der Waals surface area contributed by atoms with Gasteiger partial charge >= 0.3 is 5.97 Å². The van der Waals surface area contributed by atoms with Crippen LogP contribution in [-0.4, -0.2) is 18.4 Å². The van der Waals surface area contributed by atoms with E-state index < -0.39 is 0 Å². The number of unbranched alkanes of at least 4 members (excludes halogenated alkanes) is 2. The molecule has 0 atom stereocenters. The van der Waals surface area contributed by atoms with Gasteiger partial charge in [0, 0.05) is 6.08 Å². The molecule has 0 aromatic heterocycles. The maximum absolute atomic E-state index is 11.1. The summed E-state index contributed by atoms with van der Waals surface area (Å²) in [5, 5.41) is 0. The average molecular weight is 236 g/mol. The Bertz CT molecular complexity index is 324. The molecular weight excluding hydrogens is 216 g/mol. The van der Waals surface area contributed by atoms with E-state index in [-0.39, 0.29) is 11.8 Å². The molecule has 0 amide bonds. The fraction of sp³-hybridized carbons (Fsp3) is 0.429. The molecule has 0 saturated heterocycles. The molecule has 0 fully saturated rings. The SMILES string of the molecule is C=C(C)C(=O)C=CCCCC=CC(=O)OCC. The summed E-state index contributed by atoms with van der Waals surface area (Å²) in [6.45, 7) is 7.42. The van der Waals surface area contributed by atoms with Crippen LogP contribution in [0.5, 0.6) is 0 Å². The van der Waals surface area contributed by atoms with E-state index in [1.807, 2.05) is 6.08 Å². The molecular formula is C14H20O3. The summed E-state index contributed by atoms with van der Waals surface area (Å²) in [5.41, 5.74) is 0.545. The second-order valence-electron chi connectivity index (χ2n) is 3.63. The lowest BCUT2D eigenvalue weighted by Gasteiger charge is -1.94. The van der Waals surface area contributed by atoms with E-state index >= 15 is 0 Å². The molecule has 0 bridgehead atoms. The number of ether oxygens (including phenoxy) is 1. The fourth-order valence-corrected chi connectivity index (χ4v) is 1.06. The monoisotopic (exact) mass is 236 g/mol. The zero-order chi connectivity index (χ0) is 13.1. The maximum atomic E-state index is 11.1. The topological polar surface area (TPSA) is 43.4 Å². The standard InChI is InChI=1S/C14H20O3/c1-4-17-14(16)11-9-7-5-6-8-10-13(15)12(2)3/h8-11H,2,4-7H2,1,3H3. The number of carbonyl (C=O) groups excluding carboxylic acids is 2. The van der Waals surface area contributed by atoms with Gasteiger partial charge in [0.1, 0.15) is 0 Å². The molecule has 0 aliphatic carbocycles. The van der Waals surface area contributed by atoms with Crippen LogP contribution in [0.1, 0.15) is 33.1 Å². The summed E-state index contributed by atoms with van der Waals surface area (Å²) >= 11 is 0. The first-order chi connectivity index (χ1) is 8.07. The Morgan fingerprint density at radius 2 is 1.76 bits per heavy atom. The van der Waals surface area contributed by atoms with Crippen molar-refractivity contribution in [1.29, 1.82) is 0 Å². The number of ketones is 1. The van der Waals surface area contributed by atoms with Crippen LogP contribution in [-0.2, 0) is 14.3 Å². The zero-order valence-corrected chi connectivity index (χ0v) is 10.6. The number of esters is 1. The third-order valence-corrected chi connectivity index (χ3v) is 1.97. The van der Waals surface area contributed by atoms with Gasteiger partial charge in [-0.15, -0.1) is 0 Å². The van der Waals surface area contributed by atoms with Gasteiger partial charge in [-0.3, -0.25) is 4.79 Å². The lowest BCUT2D eigenvalue weighted by Crippen LogP contribution is -1.98. The second-order valence-corrected chi connectivity index (χ2v) is 3.63. The molecule has 0 saturated carbocycles. The lowest BCUT2D eigenvalue weighted by molar-refractivity contribution is -0.137. The van der Waals surface area contributed by atoms with Gasteiger partial charge in [0.15, 0.2) is 5.78 Å². The van der Waals surface area contributed by atoms with E-state index in [1.165, 1.54) is 12.2 Å². The molecule has 0 spiro atoms. The lowest BCUT2D eigenvalue weighted by atomic mass is 10.1. The van der Waals surface area contributed by atoms with Crippen LogP contribution in [0.3, 0.4) is 0 Å². The molecule has 0 aromatic rings. The third-order valence-electron chi connectivity index (χ3n) is 1.97. The van der Waals surface area contributed by atoms with E-state index in [1.54, 1.807) is 19.9 Å². The van der Waals surface area contributed by atoms with Gasteiger partial charge in [-0.2, -0.15) is 0 Å². The summed E-state index contributed by atoms with van der Waals surface area (Å²) in [6.07, 6.45) is 9.09. The Labute approximate surface area is 103 Å². The van der Waals surface area contributed by atoms with Crippen molar-refractivity contribution in [2.45, 2.75) is 33.1 Å². The van der Waals surface area contributed by atoms with Crippen molar-refractivity contribution in [2.24, 2.45) is 0 Å². The first-order valence-electron chi connectivity index (χ1n) is 5.77. The van der Waals surface area contributed by atoms with Crippen LogP contribution < -0.4 is 0 Å². The molecule has 0 aliphatic heterocycles. The molecule has 0 heterocycles. The molecule has 0 aromatic carbocycles. The number of allylic oxidation sites excluding steroid dienone is 4. The van der Waals surface area contributed by atoms with Gasteiger partial charge in [0.2, 0.25) is 0 Å². The van der Waals surface area contributed by atoms with Gasteiger partial charge in [0.05, 0.1) is 6.61 Å². The normalized spacial score (nSPS) is 10.9. The molecule has 17 heavy (non-hydrogen) atoms. The smallest absolute Gasteiger partial charge is 0.330 e. The largest absolute Gasteiger partial charge is 0.463 e. The average Bonchev–Trinajstić information content (AvgIpc) is 2.27. The summed E-state index contributed by atoms with van der Waals surface area (Å²) in [4.78, 5) is 22.1. The highest BCUT2D eigenvalue weighted by atomic mass is 16.5. The number of hydrogen-bond acceptors (Lipinski definition) is 3. The van der Waals surface area contributed by atoms with Crippen molar-refractivity contribution in [3.63, 3.8) is 0 Å². The molecule has 94 valence electrons. The summed E-state index contributed by atoms with van der Waals surface area (Å²) in [5.74, 6) is -0.340. The van der Waals surface area contributed by atoms with Crippen LogP contribution in [0.15, 0.2) is 36.5 Å². The van der Waals surface area contributed by atoms with Crippen molar-refractivity contribution in [1.82, 2.24) is 0 Å². The van der Waals surface area contributed by atoms with Crippen LogP contribution in [0.4, 0.5) is 0 Å². The molecule has 0 aliphatic rings. The minimum Gasteiger partial charge on any atom is -0.463 e. The van der Waals surface area contributed by atoms with Crippen molar-refractivity contribution >= 4 is 11.8 Å². The predicted octanol–water partition coefficient (Wildman–Crippen LogP) is 2.98. The van der Waals surface area contributed by atoms with Crippen molar-refractivity contribution in [3.05, 3.63) is 36.5 Å². The minimum absolute atomic E-state index is 0.0351. The minimum atomic E-state index is -0.305. The predicted molar refractivity (Wildman–Crippen MR) is 68.6 cm³/mol. The number of carbonyl (C=O) groups is 2. The van der Waals surface area contributed by atoms with E-state index in [9.17, 15) is 9.59 Å². The number of hydrogen-bond donors (Lipinski definition) is 0. The summed E-state index contributed by atoms with van der Waals surface area (Å²) in [7, 11) is 0. The third kappa shape index (κ3) is 9.30. The Morgan fingerprint density at radius 3 is 2.29 bits per heavy atom. The number of rotatable bonds is 8. The van der Waals surface area contributed by atoms with Crippen molar-refractivity contribution in [2.75, 3.05) is 6.61 Å². The van der Waals surface area contributed by atoms with Crippen LogP contribution in [0.25, 0.3) is 0 Å². The van der Waals surface area contributed by atoms with Crippen molar-refractivity contribution < 1.29 is 14.3 Å². The van der Waals surface area contributed by atoms with E-state index in [0.717, 1.165) is 19.3 Å². The summed E-state index contributed by atoms with van der Waals surface area (Å²) in [6, 6.07) is 0. The quantitative estimate of drug-likeness (QED) is 0.369. The fourth-order valence-electron chi connectivity index (χ4n) is 1.06. The van der Waals surface area contributed by atoms with Crippen LogP contribution in [0.2, 0.25) is 0 Å². The Kier molecular flexibility index (Phi) is 8.65. The van der Waals surface area contributed by atoms with Gasteiger partial charge < -0.3 is 4.74 Å². The Morgan fingerprint density at radius 1 is 1.18 bits per heavy atom. The van der Waals surface area contributed by atoms with E-state index in [2.05, 4.69) is 6.58 Å². The highest BCUT2D eigenvalue weighted by Gasteiger charge is 1.94. The highest BCUT2D eigenvalue weighted by Crippen LogP contribution is 2.00. The van der Waals surface area contributed by atoms with Crippen LogP contribution in [0, 0.1) is 0 Å².